The van der Waals surface area contributed by atoms with E-state index in [9.17, 15) is 18.0 Å². The summed E-state index contributed by atoms with van der Waals surface area (Å²) in [4.78, 5) is 11.0. The smallest absolute Gasteiger partial charge is 0.401 e. The molecule has 0 bridgehead atoms. The van der Waals surface area contributed by atoms with Gasteiger partial charge in [0.2, 0.25) is 0 Å². The largest absolute Gasteiger partial charge is 0.462 e. The van der Waals surface area contributed by atoms with Gasteiger partial charge in [-0.2, -0.15) is 13.2 Å². The number of esters is 1. The minimum Gasteiger partial charge on any atom is -0.462 e. The van der Waals surface area contributed by atoms with Crippen LogP contribution in [0.1, 0.15) is 26.7 Å². The summed E-state index contributed by atoms with van der Waals surface area (Å²) >= 11 is 0. The number of alkyl halides is 3. The molecule has 0 rings (SSSR count). The Morgan fingerprint density at radius 2 is 2.07 bits per heavy atom. The van der Waals surface area contributed by atoms with Crippen LogP contribution in [0.15, 0.2) is 0 Å². The zero-order chi connectivity index (χ0) is 11.9. The fourth-order valence-electron chi connectivity index (χ4n) is 1.04. The normalized spacial score (nSPS) is 13.7. The zero-order valence-corrected chi connectivity index (χ0v) is 8.86. The van der Waals surface area contributed by atoms with Crippen molar-refractivity contribution in [3.63, 3.8) is 0 Å². The van der Waals surface area contributed by atoms with E-state index in [4.69, 9.17) is 4.74 Å². The SMILES string of the molecule is CCCC(C)OC(=O)CNCC(F)(F)F. The maximum atomic E-state index is 11.7. The second-order valence-corrected chi connectivity index (χ2v) is 3.31. The highest BCUT2D eigenvalue weighted by atomic mass is 19.4. The van der Waals surface area contributed by atoms with Gasteiger partial charge in [0, 0.05) is 0 Å². The molecule has 90 valence electrons. The maximum Gasteiger partial charge on any atom is 0.401 e. The van der Waals surface area contributed by atoms with Crippen molar-refractivity contribution in [3.8, 4) is 0 Å². The Morgan fingerprint density at radius 1 is 1.47 bits per heavy atom. The Labute approximate surface area is 87.0 Å². The first kappa shape index (κ1) is 14.2. The molecule has 0 heterocycles. The van der Waals surface area contributed by atoms with E-state index in [2.05, 4.69) is 0 Å². The van der Waals surface area contributed by atoms with E-state index in [0.717, 1.165) is 6.42 Å². The Kier molecular flexibility index (Phi) is 6.31. The molecule has 1 N–H and O–H groups in total. The number of carbonyl (C=O) groups excluding carboxylic acids is 1. The highest BCUT2D eigenvalue weighted by Gasteiger charge is 2.26. The topological polar surface area (TPSA) is 38.3 Å². The molecule has 0 saturated carbocycles. The molecule has 1 atom stereocenters. The number of hydrogen-bond donors (Lipinski definition) is 1. The molecular formula is C9H16F3NO2. The van der Waals surface area contributed by atoms with Crippen molar-refractivity contribution < 1.29 is 22.7 Å². The van der Waals surface area contributed by atoms with Crippen molar-refractivity contribution in [2.75, 3.05) is 13.1 Å². The van der Waals surface area contributed by atoms with E-state index >= 15 is 0 Å². The lowest BCUT2D eigenvalue weighted by Crippen LogP contribution is -2.34. The second-order valence-electron chi connectivity index (χ2n) is 3.31. The van der Waals surface area contributed by atoms with Gasteiger partial charge in [0.15, 0.2) is 0 Å². The Bertz CT molecular complexity index is 194. The number of hydrogen-bond acceptors (Lipinski definition) is 3. The third kappa shape index (κ3) is 9.52. The average Bonchev–Trinajstić information content (AvgIpc) is 2.01. The number of ether oxygens (including phenoxy) is 1. The van der Waals surface area contributed by atoms with Gasteiger partial charge in [-0.3, -0.25) is 10.1 Å². The molecule has 0 saturated heterocycles. The van der Waals surface area contributed by atoms with Gasteiger partial charge in [-0.05, 0) is 13.3 Å². The summed E-state index contributed by atoms with van der Waals surface area (Å²) in [5.74, 6) is -0.653. The van der Waals surface area contributed by atoms with E-state index in [1.165, 1.54) is 0 Å². The van der Waals surface area contributed by atoms with E-state index < -0.39 is 25.2 Å². The van der Waals surface area contributed by atoms with Gasteiger partial charge in [-0.15, -0.1) is 0 Å². The van der Waals surface area contributed by atoms with Crippen molar-refractivity contribution in [3.05, 3.63) is 0 Å². The lowest BCUT2D eigenvalue weighted by molar-refractivity contribution is -0.149. The van der Waals surface area contributed by atoms with Crippen LogP contribution in [0.25, 0.3) is 0 Å². The van der Waals surface area contributed by atoms with Crippen molar-refractivity contribution in [2.45, 2.75) is 39.0 Å². The molecule has 3 nitrogen and oxygen atoms in total. The van der Waals surface area contributed by atoms with E-state index in [1.54, 1.807) is 6.92 Å². The van der Waals surface area contributed by atoms with Crippen molar-refractivity contribution in [1.82, 2.24) is 5.32 Å². The van der Waals surface area contributed by atoms with Crippen LogP contribution >= 0.6 is 0 Å². The number of halogens is 3. The Balaban J connectivity index is 3.58. The summed E-state index contributed by atoms with van der Waals surface area (Å²) in [5.41, 5.74) is 0. The summed E-state index contributed by atoms with van der Waals surface area (Å²) in [7, 11) is 0. The van der Waals surface area contributed by atoms with Crippen LogP contribution in [0.3, 0.4) is 0 Å². The Morgan fingerprint density at radius 3 is 2.53 bits per heavy atom. The predicted octanol–water partition coefficient (Wildman–Crippen LogP) is 1.87. The molecule has 0 aliphatic rings. The lowest BCUT2D eigenvalue weighted by atomic mass is 10.2. The molecule has 0 amide bonds. The zero-order valence-electron chi connectivity index (χ0n) is 8.86. The molecule has 0 aromatic rings. The van der Waals surface area contributed by atoms with Crippen molar-refractivity contribution >= 4 is 5.97 Å². The summed E-state index contributed by atoms with van der Waals surface area (Å²) in [6.07, 6.45) is -2.96. The minimum absolute atomic E-state index is 0.241. The molecule has 0 spiro atoms. The Hall–Kier alpha value is -0.780. The van der Waals surface area contributed by atoms with E-state index in [0.29, 0.717) is 6.42 Å². The van der Waals surface area contributed by atoms with Crippen LogP contribution in [-0.2, 0) is 9.53 Å². The van der Waals surface area contributed by atoms with Gasteiger partial charge in [-0.25, -0.2) is 0 Å². The maximum absolute atomic E-state index is 11.7. The monoisotopic (exact) mass is 227 g/mol. The summed E-state index contributed by atoms with van der Waals surface area (Å²) in [6, 6.07) is 0. The van der Waals surface area contributed by atoms with Crippen LogP contribution in [0.2, 0.25) is 0 Å². The molecule has 0 aromatic heterocycles. The molecule has 0 aliphatic carbocycles. The minimum atomic E-state index is -4.30. The highest BCUT2D eigenvalue weighted by Crippen LogP contribution is 2.11. The van der Waals surface area contributed by atoms with Gasteiger partial charge in [0.1, 0.15) is 0 Å². The number of carbonyl (C=O) groups is 1. The third-order valence-corrected chi connectivity index (χ3v) is 1.62. The standard InChI is InChI=1S/C9H16F3NO2/c1-3-4-7(2)15-8(14)5-13-6-9(10,11)12/h7,13H,3-6H2,1-2H3. The van der Waals surface area contributed by atoms with Crippen molar-refractivity contribution in [2.24, 2.45) is 0 Å². The lowest BCUT2D eigenvalue weighted by Gasteiger charge is -2.13. The predicted molar refractivity (Wildman–Crippen MR) is 49.4 cm³/mol. The first-order valence-corrected chi connectivity index (χ1v) is 4.82. The fourth-order valence-corrected chi connectivity index (χ4v) is 1.04. The number of nitrogens with one attached hydrogen (secondary N) is 1. The van der Waals surface area contributed by atoms with Crippen molar-refractivity contribution in [1.29, 1.82) is 0 Å². The summed E-state index contributed by atoms with van der Waals surface area (Å²) in [6.45, 7) is 2.06. The van der Waals surface area contributed by atoms with Crippen LogP contribution in [0.5, 0.6) is 0 Å². The van der Waals surface area contributed by atoms with Crippen LogP contribution < -0.4 is 5.32 Å². The van der Waals surface area contributed by atoms with Gasteiger partial charge in [0.05, 0.1) is 19.2 Å². The van der Waals surface area contributed by atoms with Crippen LogP contribution in [-0.4, -0.2) is 31.3 Å². The first-order valence-electron chi connectivity index (χ1n) is 4.82. The van der Waals surface area contributed by atoms with E-state index in [-0.39, 0.29) is 6.10 Å². The second kappa shape index (κ2) is 6.66. The molecule has 0 aliphatic heterocycles. The van der Waals surface area contributed by atoms with Crippen LogP contribution in [0.4, 0.5) is 13.2 Å². The molecule has 1 unspecified atom stereocenters. The van der Waals surface area contributed by atoms with Gasteiger partial charge in [0.25, 0.3) is 0 Å². The number of rotatable bonds is 6. The molecule has 0 aromatic carbocycles. The third-order valence-electron chi connectivity index (χ3n) is 1.62. The summed E-state index contributed by atoms with van der Waals surface area (Å²) < 4.78 is 39.9. The highest BCUT2D eigenvalue weighted by molar-refractivity contribution is 5.71. The average molecular weight is 227 g/mol. The first-order chi connectivity index (χ1) is 6.85. The van der Waals surface area contributed by atoms with E-state index in [1.807, 2.05) is 12.2 Å². The van der Waals surface area contributed by atoms with Gasteiger partial charge >= 0.3 is 12.1 Å². The van der Waals surface area contributed by atoms with Gasteiger partial charge < -0.3 is 4.74 Å². The molecule has 0 radical (unpaired) electrons. The molecule has 15 heavy (non-hydrogen) atoms. The molecular weight excluding hydrogens is 211 g/mol. The van der Waals surface area contributed by atoms with Crippen LogP contribution in [0, 0.1) is 0 Å². The molecule has 0 fully saturated rings. The quantitative estimate of drug-likeness (QED) is 0.704. The summed E-state index contributed by atoms with van der Waals surface area (Å²) in [5, 5.41) is 1.97. The molecule has 6 heteroatoms. The van der Waals surface area contributed by atoms with Gasteiger partial charge in [-0.1, -0.05) is 13.3 Å². The fraction of sp³-hybridized carbons (Fsp3) is 0.889.